The van der Waals surface area contributed by atoms with Gasteiger partial charge in [-0.15, -0.1) is 0 Å². The van der Waals surface area contributed by atoms with E-state index in [1.807, 2.05) is 38.1 Å². The average molecular weight is 309 g/mol. The van der Waals surface area contributed by atoms with Gasteiger partial charge in [-0.3, -0.25) is 4.79 Å². The number of carbonyl (C=O) groups is 1. The fourth-order valence-electron chi connectivity index (χ4n) is 1.91. The van der Waals surface area contributed by atoms with Crippen LogP contribution in [-0.2, 0) is 14.6 Å². The number of aryl methyl sites for hydroxylation is 1. The highest BCUT2D eigenvalue weighted by Gasteiger charge is 2.05. The Hall–Kier alpha value is -1.62. The maximum atomic E-state index is 11.8. The van der Waals surface area contributed by atoms with Crippen LogP contribution in [0.1, 0.15) is 30.9 Å². The predicted octanol–water partition coefficient (Wildman–Crippen LogP) is 2.34. The zero-order valence-corrected chi connectivity index (χ0v) is 13.7. The molecule has 0 aliphatic heterocycles. The van der Waals surface area contributed by atoms with Gasteiger partial charge in [0, 0.05) is 18.9 Å². The molecule has 0 fully saturated rings. The van der Waals surface area contributed by atoms with Gasteiger partial charge < -0.3 is 5.32 Å². The molecule has 0 aromatic heterocycles. The summed E-state index contributed by atoms with van der Waals surface area (Å²) < 4.78 is 22.0. The van der Waals surface area contributed by atoms with E-state index >= 15 is 0 Å². The Morgan fingerprint density at radius 1 is 1.24 bits per heavy atom. The SMILES string of the molecule is CC/C(=C\C(=O)NCCCS(C)(=O)=O)c1ccc(C)cc1. The van der Waals surface area contributed by atoms with Gasteiger partial charge in [-0.1, -0.05) is 36.8 Å². The molecule has 0 aliphatic rings. The van der Waals surface area contributed by atoms with Gasteiger partial charge in [-0.25, -0.2) is 8.42 Å². The number of nitrogens with one attached hydrogen (secondary N) is 1. The minimum atomic E-state index is -2.96. The minimum absolute atomic E-state index is 0.0928. The van der Waals surface area contributed by atoms with Crippen molar-refractivity contribution in [3.05, 3.63) is 41.5 Å². The topological polar surface area (TPSA) is 63.2 Å². The quantitative estimate of drug-likeness (QED) is 0.621. The standard InChI is InChI=1S/C16H23NO3S/c1-4-14(15-8-6-13(2)7-9-15)12-16(18)17-10-5-11-21(3,19)20/h6-9,12H,4-5,10-11H2,1-3H3,(H,17,18)/b14-12+. The van der Waals surface area contributed by atoms with Crippen LogP contribution >= 0.6 is 0 Å². The first-order valence-corrected chi connectivity index (χ1v) is 9.11. The summed E-state index contributed by atoms with van der Waals surface area (Å²) in [7, 11) is -2.96. The largest absolute Gasteiger partial charge is 0.353 e. The van der Waals surface area contributed by atoms with Crippen LogP contribution in [0.3, 0.4) is 0 Å². The Labute approximate surface area is 127 Å². The summed E-state index contributed by atoms with van der Waals surface area (Å²) in [6.07, 6.45) is 3.98. The van der Waals surface area contributed by atoms with Gasteiger partial charge in [0.05, 0.1) is 5.75 Å². The van der Waals surface area contributed by atoms with Gasteiger partial charge in [0.2, 0.25) is 5.91 Å². The van der Waals surface area contributed by atoms with Gasteiger partial charge in [0.15, 0.2) is 0 Å². The number of sulfone groups is 1. The van der Waals surface area contributed by atoms with E-state index < -0.39 is 9.84 Å². The minimum Gasteiger partial charge on any atom is -0.353 e. The van der Waals surface area contributed by atoms with E-state index in [4.69, 9.17) is 0 Å². The molecule has 1 N–H and O–H groups in total. The second-order valence-electron chi connectivity index (χ2n) is 5.16. The molecule has 0 spiro atoms. The monoisotopic (exact) mass is 309 g/mol. The predicted molar refractivity (Wildman–Crippen MR) is 86.8 cm³/mol. The Morgan fingerprint density at radius 3 is 2.38 bits per heavy atom. The van der Waals surface area contributed by atoms with Crippen LogP contribution in [0.4, 0.5) is 0 Å². The zero-order valence-electron chi connectivity index (χ0n) is 12.8. The van der Waals surface area contributed by atoms with Crippen LogP contribution in [0, 0.1) is 6.92 Å². The molecule has 0 atom stereocenters. The molecular formula is C16H23NO3S. The van der Waals surface area contributed by atoms with Crippen LogP contribution in [-0.4, -0.2) is 32.9 Å². The molecule has 0 unspecified atom stereocenters. The molecule has 116 valence electrons. The van der Waals surface area contributed by atoms with Crippen molar-refractivity contribution in [1.82, 2.24) is 5.32 Å². The first kappa shape index (κ1) is 17.4. The number of hydrogen-bond donors (Lipinski definition) is 1. The molecule has 1 amide bonds. The van der Waals surface area contributed by atoms with E-state index in [-0.39, 0.29) is 11.7 Å². The Balaban J connectivity index is 2.58. The average Bonchev–Trinajstić information content (AvgIpc) is 2.41. The van der Waals surface area contributed by atoms with Crippen molar-refractivity contribution in [3.63, 3.8) is 0 Å². The van der Waals surface area contributed by atoms with E-state index in [0.717, 1.165) is 17.6 Å². The normalized spacial score (nSPS) is 12.2. The van der Waals surface area contributed by atoms with Gasteiger partial charge in [-0.05, 0) is 30.9 Å². The van der Waals surface area contributed by atoms with E-state index in [1.165, 1.54) is 11.8 Å². The lowest BCUT2D eigenvalue weighted by Gasteiger charge is -2.07. The molecule has 0 heterocycles. The first-order valence-electron chi connectivity index (χ1n) is 7.05. The summed E-state index contributed by atoms with van der Waals surface area (Å²) in [6.45, 7) is 4.39. The third-order valence-electron chi connectivity index (χ3n) is 3.10. The van der Waals surface area contributed by atoms with Crippen molar-refractivity contribution < 1.29 is 13.2 Å². The molecule has 1 aromatic rings. The maximum absolute atomic E-state index is 11.8. The molecule has 1 rings (SSSR count). The summed E-state index contributed by atoms with van der Waals surface area (Å²) >= 11 is 0. The zero-order chi connectivity index (χ0) is 15.9. The highest BCUT2D eigenvalue weighted by atomic mass is 32.2. The lowest BCUT2D eigenvalue weighted by atomic mass is 10.0. The number of hydrogen-bond acceptors (Lipinski definition) is 3. The van der Waals surface area contributed by atoms with Crippen LogP contribution in [0.2, 0.25) is 0 Å². The van der Waals surface area contributed by atoms with Crippen molar-refractivity contribution in [3.8, 4) is 0 Å². The molecule has 4 nitrogen and oxygen atoms in total. The molecule has 0 bridgehead atoms. The fraction of sp³-hybridized carbons (Fsp3) is 0.438. The Morgan fingerprint density at radius 2 is 1.86 bits per heavy atom. The summed E-state index contributed by atoms with van der Waals surface area (Å²) in [4.78, 5) is 11.8. The molecule has 0 saturated carbocycles. The molecular weight excluding hydrogens is 286 g/mol. The van der Waals surface area contributed by atoms with Crippen molar-refractivity contribution >= 4 is 21.3 Å². The van der Waals surface area contributed by atoms with Crippen LogP contribution < -0.4 is 5.32 Å². The number of benzene rings is 1. The lowest BCUT2D eigenvalue weighted by molar-refractivity contribution is -0.116. The number of amides is 1. The summed E-state index contributed by atoms with van der Waals surface area (Å²) in [5, 5.41) is 2.72. The van der Waals surface area contributed by atoms with E-state index in [0.29, 0.717) is 13.0 Å². The number of carbonyl (C=O) groups excluding carboxylic acids is 1. The van der Waals surface area contributed by atoms with E-state index in [9.17, 15) is 13.2 Å². The van der Waals surface area contributed by atoms with Crippen LogP contribution in [0.15, 0.2) is 30.3 Å². The first-order chi connectivity index (χ1) is 9.81. The highest BCUT2D eigenvalue weighted by Crippen LogP contribution is 2.18. The summed E-state index contributed by atoms with van der Waals surface area (Å²) in [5.41, 5.74) is 3.18. The second kappa shape index (κ2) is 7.98. The molecule has 21 heavy (non-hydrogen) atoms. The van der Waals surface area contributed by atoms with Crippen molar-refractivity contribution in [2.24, 2.45) is 0 Å². The highest BCUT2D eigenvalue weighted by molar-refractivity contribution is 7.90. The molecule has 0 saturated heterocycles. The van der Waals surface area contributed by atoms with Crippen LogP contribution in [0.5, 0.6) is 0 Å². The Kier molecular flexibility index (Phi) is 6.62. The molecule has 1 aromatic carbocycles. The van der Waals surface area contributed by atoms with Crippen molar-refractivity contribution in [1.29, 1.82) is 0 Å². The van der Waals surface area contributed by atoms with Crippen LogP contribution in [0.25, 0.3) is 5.57 Å². The number of rotatable bonds is 7. The third kappa shape index (κ3) is 7.09. The molecule has 0 radical (unpaired) electrons. The smallest absolute Gasteiger partial charge is 0.244 e. The van der Waals surface area contributed by atoms with Crippen molar-refractivity contribution in [2.75, 3.05) is 18.6 Å². The lowest BCUT2D eigenvalue weighted by Crippen LogP contribution is -2.24. The summed E-state index contributed by atoms with van der Waals surface area (Å²) in [5.74, 6) is -0.0868. The van der Waals surface area contributed by atoms with Gasteiger partial charge in [0.25, 0.3) is 0 Å². The number of allylic oxidation sites excluding steroid dienone is 1. The van der Waals surface area contributed by atoms with E-state index in [1.54, 1.807) is 6.08 Å². The molecule has 5 heteroatoms. The maximum Gasteiger partial charge on any atom is 0.244 e. The third-order valence-corrected chi connectivity index (χ3v) is 4.13. The Bertz CT molecular complexity index is 601. The van der Waals surface area contributed by atoms with Gasteiger partial charge in [-0.2, -0.15) is 0 Å². The second-order valence-corrected chi connectivity index (χ2v) is 7.42. The fourth-order valence-corrected chi connectivity index (χ4v) is 2.58. The van der Waals surface area contributed by atoms with Crippen molar-refractivity contribution in [2.45, 2.75) is 26.7 Å². The van der Waals surface area contributed by atoms with Gasteiger partial charge >= 0.3 is 0 Å². The van der Waals surface area contributed by atoms with E-state index in [2.05, 4.69) is 5.32 Å². The summed E-state index contributed by atoms with van der Waals surface area (Å²) in [6, 6.07) is 8.04. The van der Waals surface area contributed by atoms with Gasteiger partial charge in [0.1, 0.15) is 9.84 Å². The molecule has 0 aliphatic carbocycles.